The minimum absolute atomic E-state index is 0.0313. The highest BCUT2D eigenvalue weighted by molar-refractivity contribution is 7.17. The van der Waals surface area contributed by atoms with E-state index in [0.717, 1.165) is 10.4 Å². The van der Waals surface area contributed by atoms with Crippen molar-refractivity contribution in [3.63, 3.8) is 0 Å². The van der Waals surface area contributed by atoms with Gasteiger partial charge in [-0.1, -0.05) is 56.6 Å². The van der Waals surface area contributed by atoms with E-state index in [1.807, 2.05) is 43.3 Å². The number of hydrogen-bond acceptors (Lipinski definition) is 5. The first-order valence-electron chi connectivity index (χ1n) is 10.6. The molecule has 0 bridgehead atoms. The summed E-state index contributed by atoms with van der Waals surface area (Å²) < 4.78 is 10.9. The van der Waals surface area contributed by atoms with E-state index >= 15 is 0 Å². The second-order valence-corrected chi connectivity index (χ2v) is 10.4. The average molecular weight is 486 g/mol. The number of carbonyl (C=O) groups is 2. The van der Waals surface area contributed by atoms with Crippen molar-refractivity contribution < 1.29 is 19.1 Å². The van der Waals surface area contributed by atoms with Crippen LogP contribution >= 0.6 is 22.9 Å². The molecule has 3 rings (SSSR count). The Labute approximate surface area is 203 Å². The number of halogens is 1. The molecular weight excluding hydrogens is 458 g/mol. The number of methoxy groups -OCH3 is 1. The molecule has 0 spiro atoms. The van der Waals surface area contributed by atoms with E-state index in [0.29, 0.717) is 26.9 Å². The van der Waals surface area contributed by atoms with Crippen molar-refractivity contribution in [1.29, 1.82) is 0 Å². The van der Waals surface area contributed by atoms with Gasteiger partial charge in [0.1, 0.15) is 16.3 Å². The van der Waals surface area contributed by atoms with Gasteiger partial charge in [-0.3, -0.25) is 4.79 Å². The summed E-state index contributed by atoms with van der Waals surface area (Å²) in [5.41, 5.74) is 2.98. The number of thiophene rings is 1. The largest absolute Gasteiger partial charge is 0.481 e. The van der Waals surface area contributed by atoms with E-state index in [9.17, 15) is 9.59 Å². The van der Waals surface area contributed by atoms with Gasteiger partial charge in [-0.05, 0) is 54.7 Å². The monoisotopic (exact) mass is 485 g/mol. The molecule has 0 aliphatic rings. The third-order valence-electron chi connectivity index (χ3n) is 5.23. The van der Waals surface area contributed by atoms with Gasteiger partial charge in [0.2, 0.25) is 0 Å². The van der Waals surface area contributed by atoms with Crippen LogP contribution in [-0.2, 0) is 14.9 Å². The number of esters is 1. The summed E-state index contributed by atoms with van der Waals surface area (Å²) in [7, 11) is 1.32. The molecule has 0 aliphatic carbocycles. The summed E-state index contributed by atoms with van der Waals surface area (Å²) in [6.07, 6.45) is -0.770. The standard InChI is InChI=1S/C26H28ClNO4S/c1-15(32-20-12-10-18(11-13-20)26(3,4)5)23(29)28-24-22(25(30)31-6)21(16(2)33-24)17-8-7-9-19(27)14-17/h7-15H,1-6H3,(H,28,29). The maximum atomic E-state index is 12.9. The molecule has 0 saturated carbocycles. The SMILES string of the molecule is COC(=O)c1c(NC(=O)C(C)Oc2ccc(C(C)(C)C)cc2)sc(C)c1-c1cccc(Cl)c1. The molecule has 3 aromatic rings. The van der Waals surface area contributed by atoms with Gasteiger partial charge in [-0.25, -0.2) is 4.79 Å². The molecule has 33 heavy (non-hydrogen) atoms. The molecule has 2 aromatic carbocycles. The van der Waals surface area contributed by atoms with Crippen LogP contribution in [-0.4, -0.2) is 25.1 Å². The van der Waals surface area contributed by atoms with Gasteiger partial charge in [-0.2, -0.15) is 0 Å². The van der Waals surface area contributed by atoms with Crippen LogP contribution < -0.4 is 10.1 Å². The zero-order chi connectivity index (χ0) is 24.3. The summed E-state index contributed by atoms with van der Waals surface area (Å²) in [6, 6.07) is 14.9. The maximum absolute atomic E-state index is 12.9. The van der Waals surface area contributed by atoms with Crippen molar-refractivity contribution in [3.8, 4) is 16.9 Å². The van der Waals surface area contributed by atoms with E-state index < -0.39 is 12.1 Å². The Bertz CT molecular complexity index is 1160. The highest BCUT2D eigenvalue weighted by Gasteiger charge is 2.27. The lowest BCUT2D eigenvalue weighted by atomic mass is 9.87. The molecule has 0 fully saturated rings. The third-order valence-corrected chi connectivity index (χ3v) is 6.48. The Hall–Kier alpha value is -2.83. The molecule has 1 heterocycles. The van der Waals surface area contributed by atoms with E-state index in [1.165, 1.54) is 24.0 Å². The first kappa shape index (κ1) is 24.8. The predicted octanol–water partition coefficient (Wildman–Crippen LogP) is 6.87. The van der Waals surface area contributed by atoms with E-state index in [1.54, 1.807) is 19.1 Å². The molecule has 0 radical (unpaired) electrons. The molecule has 5 nitrogen and oxygen atoms in total. The topological polar surface area (TPSA) is 64.6 Å². The van der Waals surface area contributed by atoms with Gasteiger partial charge in [-0.15, -0.1) is 11.3 Å². The molecular formula is C26H28ClNO4S. The fourth-order valence-corrected chi connectivity index (χ4v) is 4.68. The van der Waals surface area contributed by atoms with Crippen molar-refractivity contribution in [1.82, 2.24) is 0 Å². The molecule has 174 valence electrons. The van der Waals surface area contributed by atoms with Gasteiger partial charge in [0, 0.05) is 15.5 Å². The molecule has 1 N–H and O–H groups in total. The van der Waals surface area contributed by atoms with Crippen LogP contribution in [0.2, 0.25) is 5.02 Å². The average Bonchev–Trinajstić information content (AvgIpc) is 3.08. The van der Waals surface area contributed by atoms with Crippen LogP contribution in [0, 0.1) is 6.92 Å². The van der Waals surface area contributed by atoms with Gasteiger partial charge >= 0.3 is 5.97 Å². The summed E-state index contributed by atoms with van der Waals surface area (Å²) in [6.45, 7) is 9.97. The number of aryl methyl sites for hydroxylation is 1. The number of nitrogens with one attached hydrogen (secondary N) is 1. The summed E-state index contributed by atoms with van der Waals surface area (Å²) >= 11 is 7.47. The Kier molecular flexibility index (Phi) is 7.50. The van der Waals surface area contributed by atoms with Gasteiger partial charge in [0.25, 0.3) is 5.91 Å². The van der Waals surface area contributed by atoms with Crippen molar-refractivity contribution in [2.24, 2.45) is 0 Å². The lowest BCUT2D eigenvalue weighted by Gasteiger charge is -2.20. The van der Waals surface area contributed by atoms with Crippen molar-refractivity contribution >= 4 is 39.8 Å². The van der Waals surface area contributed by atoms with E-state index in [2.05, 4.69) is 26.1 Å². The lowest BCUT2D eigenvalue weighted by Crippen LogP contribution is -2.30. The van der Waals surface area contributed by atoms with Gasteiger partial charge in [0.05, 0.1) is 7.11 Å². The number of hydrogen-bond donors (Lipinski definition) is 1. The van der Waals surface area contributed by atoms with Crippen LogP contribution in [0.5, 0.6) is 5.75 Å². The van der Waals surface area contributed by atoms with Crippen molar-refractivity contribution in [3.05, 3.63) is 69.6 Å². The van der Waals surface area contributed by atoms with Crippen LogP contribution in [0.15, 0.2) is 48.5 Å². The summed E-state index contributed by atoms with van der Waals surface area (Å²) in [5, 5.41) is 3.82. The van der Waals surface area contributed by atoms with Crippen LogP contribution in [0.4, 0.5) is 5.00 Å². The number of carbonyl (C=O) groups excluding carboxylic acids is 2. The lowest BCUT2D eigenvalue weighted by molar-refractivity contribution is -0.122. The smallest absolute Gasteiger partial charge is 0.341 e. The fraction of sp³-hybridized carbons (Fsp3) is 0.308. The molecule has 1 atom stereocenters. The zero-order valence-corrected chi connectivity index (χ0v) is 21.2. The normalized spacial score (nSPS) is 12.2. The second-order valence-electron chi connectivity index (χ2n) is 8.76. The highest BCUT2D eigenvalue weighted by atomic mass is 35.5. The fourth-order valence-electron chi connectivity index (χ4n) is 3.43. The minimum atomic E-state index is -0.770. The molecule has 1 aromatic heterocycles. The highest BCUT2D eigenvalue weighted by Crippen LogP contribution is 2.41. The Morgan fingerprint density at radius 2 is 1.76 bits per heavy atom. The number of ether oxygens (including phenoxy) is 2. The quantitative estimate of drug-likeness (QED) is 0.387. The van der Waals surface area contributed by atoms with Gasteiger partial charge < -0.3 is 14.8 Å². The Morgan fingerprint density at radius 3 is 2.33 bits per heavy atom. The third kappa shape index (κ3) is 5.75. The predicted molar refractivity (Wildman–Crippen MR) is 135 cm³/mol. The molecule has 1 amide bonds. The molecule has 7 heteroatoms. The van der Waals surface area contributed by atoms with Crippen LogP contribution in [0.3, 0.4) is 0 Å². The number of benzene rings is 2. The first-order chi connectivity index (χ1) is 15.5. The summed E-state index contributed by atoms with van der Waals surface area (Å²) in [4.78, 5) is 26.4. The number of rotatable bonds is 6. The maximum Gasteiger partial charge on any atom is 0.341 e. The van der Waals surface area contributed by atoms with Crippen molar-refractivity contribution in [2.75, 3.05) is 12.4 Å². The van der Waals surface area contributed by atoms with Crippen LogP contribution in [0.1, 0.15) is 48.5 Å². The number of amides is 1. The summed E-state index contributed by atoms with van der Waals surface area (Å²) in [5.74, 6) is -0.296. The van der Waals surface area contributed by atoms with Crippen LogP contribution in [0.25, 0.3) is 11.1 Å². The number of anilines is 1. The van der Waals surface area contributed by atoms with E-state index in [-0.39, 0.29) is 11.3 Å². The van der Waals surface area contributed by atoms with Crippen molar-refractivity contribution in [2.45, 2.75) is 46.1 Å². The van der Waals surface area contributed by atoms with Gasteiger partial charge in [0.15, 0.2) is 6.10 Å². The van der Waals surface area contributed by atoms with E-state index in [4.69, 9.17) is 21.1 Å². The Balaban J connectivity index is 1.84. The minimum Gasteiger partial charge on any atom is -0.481 e. The first-order valence-corrected chi connectivity index (χ1v) is 11.8. The Morgan fingerprint density at radius 1 is 1.09 bits per heavy atom. The zero-order valence-electron chi connectivity index (χ0n) is 19.6. The molecule has 1 unspecified atom stereocenters. The molecule has 0 saturated heterocycles. The second kappa shape index (κ2) is 9.98. The molecule has 0 aliphatic heterocycles.